The molecule has 0 saturated heterocycles. The van der Waals surface area contributed by atoms with Gasteiger partial charge in [0.2, 0.25) is 5.88 Å². The van der Waals surface area contributed by atoms with E-state index in [9.17, 15) is 0 Å². The summed E-state index contributed by atoms with van der Waals surface area (Å²) in [4.78, 5) is 0. The summed E-state index contributed by atoms with van der Waals surface area (Å²) < 4.78 is 19.0. The second-order valence-electron chi connectivity index (χ2n) is 6.28. The van der Waals surface area contributed by atoms with E-state index in [1.807, 2.05) is 31.3 Å². The molecule has 1 unspecified atom stereocenters. The number of fused-ring (bicyclic) bond motifs is 1. The predicted molar refractivity (Wildman–Crippen MR) is 91.9 cm³/mol. The molecule has 130 valence electrons. The van der Waals surface area contributed by atoms with E-state index in [0.29, 0.717) is 25.6 Å². The Morgan fingerprint density at radius 2 is 2.08 bits per heavy atom. The molecule has 24 heavy (non-hydrogen) atoms. The van der Waals surface area contributed by atoms with Crippen LogP contribution >= 0.6 is 0 Å². The minimum atomic E-state index is -0.00920. The van der Waals surface area contributed by atoms with Crippen molar-refractivity contribution < 1.29 is 14.2 Å². The van der Waals surface area contributed by atoms with Gasteiger partial charge in [-0.1, -0.05) is 26.0 Å². The fraction of sp³-hybridized carbons (Fsp3) is 0.500. The van der Waals surface area contributed by atoms with Crippen molar-refractivity contribution in [1.29, 1.82) is 0 Å². The van der Waals surface area contributed by atoms with Crippen LogP contribution in [0.3, 0.4) is 0 Å². The Kier molecular flexibility index (Phi) is 4.94. The van der Waals surface area contributed by atoms with Gasteiger partial charge in [-0.25, -0.2) is 4.68 Å². The van der Waals surface area contributed by atoms with Gasteiger partial charge in [0.15, 0.2) is 11.5 Å². The van der Waals surface area contributed by atoms with Gasteiger partial charge in [0, 0.05) is 20.1 Å². The first-order chi connectivity index (χ1) is 11.6. The summed E-state index contributed by atoms with van der Waals surface area (Å²) in [5, 5.41) is 8.02. The van der Waals surface area contributed by atoms with E-state index in [0.717, 1.165) is 28.6 Å². The molecule has 1 N–H and O–H groups in total. The minimum absolute atomic E-state index is 0.00920. The zero-order valence-corrected chi connectivity index (χ0v) is 14.7. The van der Waals surface area contributed by atoms with Gasteiger partial charge >= 0.3 is 0 Å². The van der Waals surface area contributed by atoms with Crippen LogP contribution in [0, 0.1) is 0 Å². The topological polar surface area (TPSA) is 57.5 Å². The molecular weight excluding hydrogens is 306 g/mol. The summed E-state index contributed by atoms with van der Waals surface area (Å²) in [6.07, 6.45) is -0.00920. The number of nitrogens with zero attached hydrogens (tertiary/aromatic N) is 2. The van der Waals surface area contributed by atoms with E-state index in [4.69, 9.17) is 14.2 Å². The highest BCUT2D eigenvalue weighted by Gasteiger charge is 2.22. The Balaban J connectivity index is 1.61. The van der Waals surface area contributed by atoms with E-state index in [-0.39, 0.29) is 6.10 Å². The summed E-state index contributed by atoms with van der Waals surface area (Å²) in [7, 11) is 3.59. The zero-order chi connectivity index (χ0) is 17.1. The Bertz CT molecular complexity index is 697. The molecule has 6 heteroatoms. The first-order valence-electron chi connectivity index (χ1n) is 8.29. The van der Waals surface area contributed by atoms with E-state index in [2.05, 4.69) is 24.3 Å². The number of nitrogens with one attached hydrogen (secondary N) is 1. The predicted octanol–water partition coefficient (Wildman–Crippen LogP) is 2.48. The van der Waals surface area contributed by atoms with Crippen molar-refractivity contribution in [3.63, 3.8) is 0 Å². The first kappa shape index (κ1) is 16.6. The van der Waals surface area contributed by atoms with Gasteiger partial charge in [-0.2, -0.15) is 5.10 Å². The van der Waals surface area contributed by atoms with Gasteiger partial charge in [0.1, 0.15) is 12.7 Å². The first-order valence-corrected chi connectivity index (χ1v) is 8.29. The quantitative estimate of drug-likeness (QED) is 0.881. The van der Waals surface area contributed by atoms with Gasteiger partial charge in [0.05, 0.1) is 18.4 Å². The van der Waals surface area contributed by atoms with Crippen LogP contribution in [0.15, 0.2) is 24.3 Å². The van der Waals surface area contributed by atoms with Crippen molar-refractivity contribution in [3.05, 3.63) is 35.5 Å². The van der Waals surface area contributed by atoms with Crippen LogP contribution in [-0.2, 0) is 13.6 Å². The molecule has 1 aliphatic rings. The molecule has 0 spiro atoms. The summed E-state index contributed by atoms with van der Waals surface area (Å²) >= 11 is 0. The Hall–Kier alpha value is -2.21. The number of methoxy groups -OCH3 is 1. The fourth-order valence-electron chi connectivity index (χ4n) is 2.98. The average molecular weight is 331 g/mol. The number of ether oxygens (including phenoxy) is 3. The van der Waals surface area contributed by atoms with Gasteiger partial charge in [0.25, 0.3) is 0 Å². The van der Waals surface area contributed by atoms with Crippen molar-refractivity contribution >= 4 is 0 Å². The Labute approximate surface area is 142 Å². The molecule has 0 bridgehead atoms. The number of hydrogen-bond acceptors (Lipinski definition) is 5. The largest absolute Gasteiger partial charge is 0.486 e. The SMILES string of the molecule is COc1c(CNCC2COc3ccccc3O2)c(C(C)C)nn1C. The summed E-state index contributed by atoms with van der Waals surface area (Å²) in [6, 6.07) is 7.76. The monoisotopic (exact) mass is 331 g/mol. The van der Waals surface area contributed by atoms with E-state index in [1.165, 1.54) is 0 Å². The Morgan fingerprint density at radius 3 is 2.79 bits per heavy atom. The lowest BCUT2D eigenvalue weighted by atomic mass is 10.1. The van der Waals surface area contributed by atoms with E-state index in [1.54, 1.807) is 11.8 Å². The number of benzene rings is 1. The zero-order valence-electron chi connectivity index (χ0n) is 14.7. The lowest BCUT2D eigenvalue weighted by Crippen LogP contribution is -2.38. The molecule has 0 amide bonds. The number of aryl methyl sites for hydroxylation is 1. The molecule has 0 saturated carbocycles. The molecule has 1 aliphatic heterocycles. The smallest absolute Gasteiger partial charge is 0.216 e. The van der Waals surface area contributed by atoms with Gasteiger partial charge in [-0.15, -0.1) is 0 Å². The molecule has 2 aromatic rings. The third-order valence-electron chi connectivity index (χ3n) is 4.10. The number of rotatable bonds is 6. The third-order valence-corrected chi connectivity index (χ3v) is 4.10. The van der Waals surface area contributed by atoms with Crippen LogP contribution in [-0.4, -0.2) is 36.1 Å². The fourth-order valence-corrected chi connectivity index (χ4v) is 2.98. The number of aromatic nitrogens is 2. The van der Waals surface area contributed by atoms with Crippen LogP contribution in [0.5, 0.6) is 17.4 Å². The maximum atomic E-state index is 5.97. The molecule has 1 aromatic carbocycles. The lowest BCUT2D eigenvalue weighted by molar-refractivity contribution is 0.0901. The molecule has 0 aliphatic carbocycles. The summed E-state index contributed by atoms with van der Waals surface area (Å²) in [6.45, 7) is 6.21. The molecule has 3 rings (SSSR count). The number of hydrogen-bond donors (Lipinski definition) is 1. The molecule has 2 heterocycles. The highest BCUT2D eigenvalue weighted by Crippen LogP contribution is 2.31. The van der Waals surface area contributed by atoms with Gasteiger partial charge < -0.3 is 19.5 Å². The van der Waals surface area contributed by atoms with Crippen LogP contribution in [0.2, 0.25) is 0 Å². The second kappa shape index (κ2) is 7.13. The third kappa shape index (κ3) is 3.33. The van der Waals surface area contributed by atoms with Crippen LogP contribution in [0.25, 0.3) is 0 Å². The maximum Gasteiger partial charge on any atom is 0.216 e. The molecule has 0 radical (unpaired) electrons. The van der Waals surface area contributed by atoms with Crippen molar-refractivity contribution in [3.8, 4) is 17.4 Å². The molecule has 0 fully saturated rings. The van der Waals surface area contributed by atoms with Gasteiger partial charge in [-0.05, 0) is 18.1 Å². The van der Waals surface area contributed by atoms with Crippen LogP contribution in [0.4, 0.5) is 0 Å². The molecule has 1 atom stereocenters. The normalized spacial score (nSPS) is 16.5. The second-order valence-corrected chi connectivity index (χ2v) is 6.28. The van der Waals surface area contributed by atoms with E-state index < -0.39 is 0 Å². The average Bonchev–Trinajstić information content (AvgIpc) is 2.90. The van der Waals surface area contributed by atoms with Crippen molar-refractivity contribution in [2.75, 3.05) is 20.3 Å². The molecular formula is C18H25N3O3. The Morgan fingerprint density at radius 1 is 1.33 bits per heavy atom. The number of para-hydroxylation sites is 2. The molecule has 6 nitrogen and oxygen atoms in total. The van der Waals surface area contributed by atoms with Crippen LogP contribution < -0.4 is 19.5 Å². The highest BCUT2D eigenvalue weighted by atomic mass is 16.6. The highest BCUT2D eigenvalue weighted by molar-refractivity contribution is 5.40. The minimum Gasteiger partial charge on any atom is -0.486 e. The van der Waals surface area contributed by atoms with E-state index >= 15 is 0 Å². The maximum absolute atomic E-state index is 5.97. The summed E-state index contributed by atoms with van der Waals surface area (Å²) in [5.74, 6) is 2.76. The van der Waals surface area contributed by atoms with Crippen molar-refractivity contribution in [2.24, 2.45) is 7.05 Å². The van der Waals surface area contributed by atoms with Crippen molar-refractivity contribution in [2.45, 2.75) is 32.4 Å². The molecule has 1 aromatic heterocycles. The van der Waals surface area contributed by atoms with Gasteiger partial charge in [-0.3, -0.25) is 0 Å². The standard InChI is InChI=1S/C18H25N3O3/c1-12(2)17-14(18(22-4)21(3)20-17)10-19-9-13-11-23-15-7-5-6-8-16(15)24-13/h5-8,12-13,19H,9-11H2,1-4H3. The van der Waals surface area contributed by atoms with Crippen molar-refractivity contribution in [1.82, 2.24) is 15.1 Å². The summed E-state index contributed by atoms with van der Waals surface area (Å²) in [5.41, 5.74) is 2.17. The lowest BCUT2D eigenvalue weighted by Gasteiger charge is -2.26. The van der Waals surface area contributed by atoms with Crippen LogP contribution in [0.1, 0.15) is 31.0 Å².